The normalized spacial score (nSPS) is 26.5. The molecule has 1 saturated heterocycles. The van der Waals surface area contributed by atoms with Gasteiger partial charge in [0, 0.05) is 13.1 Å². The van der Waals surface area contributed by atoms with Gasteiger partial charge in [0.2, 0.25) is 0 Å². The van der Waals surface area contributed by atoms with Crippen molar-refractivity contribution in [1.82, 2.24) is 4.90 Å². The molecule has 0 saturated carbocycles. The molecule has 1 aromatic carbocycles. The van der Waals surface area contributed by atoms with Crippen LogP contribution in [0, 0.1) is 0 Å². The Morgan fingerprint density at radius 1 is 1.35 bits per heavy atom. The van der Waals surface area contributed by atoms with Crippen LogP contribution in [0.3, 0.4) is 0 Å². The van der Waals surface area contributed by atoms with E-state index in [4.69, 9.17) is 4.18 Å². The molecule has 17 heavy (non-hydrogen) atoms. The largest absolute Gasteiger partial charge is 0.298 e. The fourth-order valence-electron chi connectivity index (χ4n) is 2.32. The van der Waals surface area contributed by atoms with E-state index in [2.05, 4.69) is 4.90 Å². The predicted octanol–water partition coefficient (Wildman–Crippen LogP) is 1.96. The third kappa shape index (κ3) is 2.22. The highest BCUT2D eigenvalue weighted by atomic mass is 32.2. The van der Waals surface area contributed by atoms with Gasteiger partial charge >= 0.3 is 0 Å². The SMILES string of the molecule is C.O=S1(=O)OC2CCCN2Cc2cccc1c2. The zero-order chi connectivity index (χ0) is 11.2. The number of hydrogen-bond acceptors (Lipinski definition) is 4. The Bertz CT molecular complexity index is 512. The van der Waals surface area contributed by atoms with Gasteiger partial charge < -0.3 is 0 Å². The number of rotatable bonds is 0. The zero-order valence-electron chi connectivity index (χ0n) is 8.80. The molecular weight excluding hydrogens is 238 g/mol. The second-order valence-corrected chi connectivity index (χ2v) is 5.84. The van der Waals surface area contributed by atoms with Crippen molar-refractivity contribution in [3.05, 3.63) is 29.8 Å². The minimum absolute atomic E-state index is 0. The van der Waals surface area contributed by atoms with Crippen LogP contribution < -0.4 is 0 Å². The van der Waals surface area contributed by atoms with Crippen molar-refractivity contribution in [3.63, 3.8) is 0 Å². The van der Waals surface area contributed by atoms with Crippen LogP contribution in [0.1, 0.15) is 25.8 Å². The Hall–Kier alpha value is -0.910. The highest BCUT2D eigenvalue weighted by molar-refractivity contribution is 7.86. The molecule has 0 aromatic heterocycles. The second kappa shape index (κ2) is 4.40. The molecule has 1 atom stereocenters. The number of benzene rings is 1. The number of nitrogens with zero attached hydrogens (tertiary/aromatic N) is 1. The molecule has 2 aliphatic rings. The number of hydrogen-bond donors (Lipinski definition) is 0. The van der Waals surface area contributed by atoms with E-state index in [9.17, 15) is 8.42 Å². The molecule has 1 fully saturated rings. The van der Waals surface area contributed by atoms with Crippen LogP contribution in [0.2, 0.25) is 0 Å². The van der Waals surface area contributed by atoms with E-state index in [1.165, 1.54) is 0 Å². The second-order valence-electron chi connectivity index (χ2n) is 4.27. The van der Waals surface area contributed by atoms with Gasteiger partial charge in [0.05, 0.1) is 4.90 Å². The highest BCUT2D eigenvalue weighted by Gasteiger charge is 2.32. The molecular formula is C12H17NO3S. The summed E-state index contributed by atoms with van der Waals surface area (Å²) in [6.07, 6.45) is 1.52. The lowest BCUT2D eigenvalue weighted by atomic mass is 10.2. The first-order chi connectivity index (χ1) is 7.65. The monoisotopic (exact) mass is 255 g/mol. The van der Waals surface area contributed by atoms with Crippen molar-refractivity contribution < 1.29 is 12.6 Å². The van der Waals surface area contributed by atoms with Crippen LogP contribution in [0.15, 0.2) is 29.2 Å². The summed E-state index contributed by atoms with van der Waals surface area (Å²) in [5.74, 6) is 0. The molecule has 2 bridgehead atoms. The lowest BCUT2D eigenvalue weighted by Gasteiger charge is -2.26. The molecule has 5 heteroatoms. The van der Waals surface area contributed by atoms with E-state index < -0.39 is 10.1 Å². The van der Waals surface area contributed by atoms with Gasteiger partial charge in [-0.3, -0.25) is 4.90 Å². The standard InChI is InChI=1S/C11H13NO3S.CH4/c13-16(14)10-4-1-3-9(7-10)8-12-6-2-5-11(12)15-16;/h1,3-4,7,11H,2,5-6,8H2;1H4. The topological polar surface area (TPSA) is 46.6 Å². The number of fused-ring (bicyclic) bond motifs is 3. The van der Waals surface area contributed by atoms with Crippen LogP contribution in [0.5, 0.6) is 0 Å². The van der Waals surface area contributed by atoms with Gasteiger partial charge in [-0.15, -0.1) is 0 Å². The molecule has 0 N–H and O–H groups in total. The van der Waals surface area contributed by atoms with E-state index in [-0.39, 0.29) is 18.6 Å². The predicted molar refractivity (Wildman–Crippen MR) is 64.9 cm³/mol. The first kappa shape index (κ1) is 12.5. The average Bonchev–Trinajstić information content (AvgIpc) is 2.64. The molecule has 2 aliphatic heterocycles. The lowest BCUT2D eigenvalue weighted by molar-refractivity contribution is 0.0592. The van der Waals surface area contributed by atoms with Gasteiger partial charge in [0.1, 0.15) is 6.23 Å². The first-order valence-electron chi connectivity index (χ1n) is 5.41. The smallest absolute Gasteiger partial charge is 0.273 e. The first-order valence-corrected chi connectivity index (χ1v) is 6.82. The minimum Gasteiger partial charge on any atom is -0.273 e. The van der Waals surface area contributed by atoms with Gasteiger partial charge in [-0.2, -0.15) is 8.42 Å². The summed E-state index contributed by atoms with van der Waals surface area (Å²) >= 11 is 0. The van der Waals surface area contributed by atoms with E-state index in [0.29, 0.717) is 0 Å². The van der Waals surface area contributed by atoms with E-state index >= 15 is 0 Å². The van der Waals surface area contributed by atoms with Crippen LogP contribution >= 0.6 is 0 Å². The minimum atomic E-state index is -3.58. The van der Waals surface area contributed by atoms with E-state index in [0.717, 1.165) is 31.5 Å². The highest BCUT2D eigenvalue weighted by Crippen LogP contribution is 2.28. The third-order valence-electron chi connectivity index (χ3n) is 3.11. The summed E-state index contributed by atoms with van der Waals surface area (Å²) in [5.41, 5.74) is 1.04. The van der Waals surface area contributed by atoms with Crippen LogP contribution in [0.25, 0.3) is 0 Å². The molecule has 1 aromatic rings. The fraction of sp³-hybridized carbons (Fsp3) is 0.500. The van der Waals surface area contributed by atoms with Gasteiger partial charge in [-0.25, -0.2) is 4.18 Å². The quantitative estimate of drug-likeness (QED) is 0.665. The van der Waals surface area contributed by atoms with E-state index in [1.807, 2.05) is 6.07 Å². The summed E-state index contributed by atoms with van der Waals surface area (Å²) in [7, 11) is -3.58. The molecule has 4 nitrogen and oxygen atoms in total. The summed E-state index contributed by atoms with van der Waals surface area (Å²) in [5, 5.41) is 0. The molecule has 0 radical (unpaired) electrons. The molecule has 94 valence electrons. The maximum atomic E-state index is 11.9. The van der Waals surface area contributed by atoms with Crippen molar-refractivity contribution in [2.75, 3.05) is 6.54 Å². The zero-order valence-corrected chi connectivity index (χ0v) is 9.61. The van der Waals surface area contributed by atoms with E-state index in [1.54, 1.807) is 18.2 Å². The summed E-state index contributed by atoms with van der Waals surface area (Å²) < 4.78 is 29.1. The molecule has 0 amide bonds. The van der Waals surface area contributed by atoms with Gasteiger partial charge in [-0.1, -0.05) is 19.6 Å². The molecule has 0 spiro atoms. The summed E-state index contributed by atoms with van der Waals surface area (Å²) in [4.78, 5) is 2.35. The van der Waals surface area contributed by atoms with Crippen molar-refractivity contribution in [2.24, 2.45) is 0 Å². The maximum absolute atomic E-state index is 11.9. The Balaban J connectivity index is 0.00000108. The average molecular weight is 255 g/mol. The Morgan fingerprint density at radius 2 is 2.18 bits per heavy atom. The van der Waals surface area contributed by atoms with Gasteiger partial charge in [0.25, 0.3) is 10.1 Å². The van der Waals surface area contributed by atoms with Crippen molar-refractivity contribution in [3.8, 4) is 0 Å². The van der Waals surface area contributed by atoms with Gasteiger partial charge in [-0.05, 0) is 30.5 Å². The van der Waals surface area contributed by atoms with Crippen LogP contribution in [-0.2, 0) is 20.8 Å². The van der Waals surface area contributed by atoms with Crippen LogP contribution in [0.4, 0.5) is 0 Å². The Kier molecular flexibility index (Phi) is 3.25. The third-order valence-corrected chi connectivity index (χ3v) is 4.42. The van der Waals surface area contributed by atoms with Gasteiger partial charge in [0.15, 0.2) is 0 Å². The van der Waals surface area contributed by atoms with Crippen LogP contribution in [-0.4, -0.2) is 26.1 Å². The molecule has 3 rings (SSSR count). The summed E-state index contributed by atoms with van der Waals surface area (Å²) in [6.45, 7) is 1.68. The Labute approximate surface area is 102 Å². The summed E-state index contributed by atoms with van der Waals surface area (Å²) in [6, 6.07) is 7.01. The van der Waals surface area contributed by atoms with Crippen molar-refractivity contribution in [2.45, 2.75) is 37.9 Å². The van der Waals surface area contributed by atoms with Crippen molar-refractivity contribution in [1.29, 1.82) is 0 Å². The maximum Gasteiger partial charge on any atom is 0.298 e. The molecule has 2 heterocycles. The molecule has 0 aliphatic carbocycles. The fourth-order valence-corrected chi connectivity index (χ4v) is 3.48. The Morgan fingerprint density at radius 3 is 3.00 bits per heavy atom. The lowest BCUT2D eigenvalue weighted by Crippen LogP contribution is -2.34. The van der Waals surface area contributed by atoms with Crippen molar-refractivity contribution >= 4 is 10.1 Å². The molecule has 1 unspecified atom stereocenters.